The van der Waals surface area contributed by atoms with Gasteiger partial charge in [0.2, 0.25) is 0 Å². The van der Waals surface area contributed by atoms with E-state index in [0.717, 1.165) is 10.9 Å². The van der Waals surface area contributed by atoms with Crippen molar-refractivity contribution in [3.8, 4) is 0 Å². The van der Waals surface area contributed by atoms with E-state index >= 15 is 0 Å². The fourth-order valence-corrected chi connectivity index (χ4v) is 3.06. The topological polar surface area (TPSA) is 12.0 Å². The lowest BCUT2D eigenvalue weighted by molar-refractivity contribution is 0.273. The van der Waals surface area contributed by atoms with Crippen LogP contribution in [-0.4, -0.2) is 6.04 Å². The van der Waals surface area contributed by atoms with Crippen molar-refractivity contribution in [2.24, 2.45) is 5.92 Å². The van der Waals surface area contributed by atoms with E-state index in [0.29, 0.717) is 12.1 Å². The van der Waals surface area contributed by atoms with Gasteiger partial charge in [0, 0.05) is 17.1 Å². The van der Waals surface area contributed by atoms with Crippen LogP contribution in [0.1, 0.15) is 57.6 Å². The van der Waals surface area contributed by atoms with Crippen LogP contribution >= 0.6 is 11.6 Å². The Morgan fingerprint density at radius 3 is 2.33 bits per heavy atom. The lowest BCUT2D eigenvalue weighted by Crippen LogP contribution is -2.34. The fraction of sp³-hybridized carbons (Fsp3) is 0.625. The molecule has 1 N–H and O–H groups in total. The second-order valence-electron chi connectivity index (χ2n) is 5.57. The third-order valence-corrected chi connectivity index (χ3v) is 4.53. The van der Waals surface area contributed by atoms with Gasteiger partial charge in [0.25, 0.3) is 0 Å². The summed E-state index contributed by atoms with van der Waals surface area (Å²) in [6.07, 6.45) is 6.79. The molecule has 0 amide bonds. The summed E-state index contributed by atoms with van der Waals surface area (Å²) >= 11 is 5.92. The standard InChI is InChI=1S/C16H24ClN/c1-3-13-4-10-16(11-5-13)18-12(2)14-6-8-15(17)9-7-14/h6-9,12-13,16,18H,3-5,10-11H2,1-2H3. The summed E-state index contributed by atoms with van der Waals surface area (Å²) in [5, 5.41) is 4.57. The maximum atomic E-state index is 5.92. The van der Waals surface area contributed by atoms with Crippen molar-refractivity contribution in [1.29, 1.82) is 0 Å². The molecule has 100 valence electrons. The van der Waals surface area contributed by atoms with Crippen LogP contribution in [0.4, 0.5) is 0 Å². The largest absolute Gasteiger partial charge is 0.307 e. The molecule has 1 aromatic carbocycles. The zero-order valence-electron chi connectivity index (χ0n) is 11.5. The molecule has 0 bridgehead atoms. The number of nitrogens with one attached hydrogen (secondary N) is 1. The molecule has 1 unspecified atom stereocenters. The third kappa shape index (κ3) is 3.73. The minimum atomic E-state index is 0.422. The highest BCUT2D eigenvalue weighted by atomic mass is 35.5. The Hall–Kier alpha value is -0.530. The molecule has 0 radical (unpaired) electrons. The molecule has 1 nitrogen and oxygen atoms in total. The van der Waals surface area contributed by atoms with Crippen molar-refractivity contribution >= 4 is 11.6 Å². The molecule has 0 saturated heterocycles. The van der Waals surface area contributed by atoms with Crippen molar-refractivity contribution in [2.45, 2.75) is 58.0 Å². The summed E-state index contributed by atoms with van der Waals surface area (Å²) in [5.41, 5.74) is 1.33. The molecular weight excluding hydrogens is 242 g/mol. The SMILES string of the molecule is CCC1CCC(NC(C)c2ccc(Cl)cc2)CC1. The van der Waals surface area contributed by atoms with E-state index < -0.39 is 0 Å². The van der Waals surface area contributed by atoms with Gasteiger partial charge in [0.15, 0.2) is 0 Å². The van der Waals surface area contributed by atoms with Gasteiger partial charge in [-0.2, -0.15) is 0 Å². The van der Waals surface area contributed by atoms with Crippen molar-refractivity contribution in [3.05, 3.63) is 34.9 Å². The van der Waals surface area contributed by atoms with Crippen molar-refractivity contribution in [2.75, 3.05) is 0 Å². The predicted molar refractivity (Wildman–Crippen MR) is 79.0 cm³/mol. The molecule has 1 fully saturated rings. The number of halogens is 1. The first-order valence-corrected chi connectivity index (χ1v) is 7.58. The van der Waals surface area contributed by atoms with Crippen LogP contribution in [-0.2, 0) is 0 Å². The molecule has 1 aromatic rings. The van der Waals surface area contributed by atoms with Gasteiger partial charge in [0.1, 0.15) is 0 Å². The Balaban J connectivity index is 1.84. The van der Waals surface area contributed by atoms with Crippen molar-refractivity contribution in [1.82, 2.24) is 5.32 Å². The van der Waals surface area contributed by atoms with E-state index in [1.807, 2.05) is 12.1 Å². The van der Waals surface area contributed by atoms with Crippen LogP contribution in [0.2, 0.25) is 5.02 Å². The Labute approximate surface area is 116 Å². The van der Waals surface area contributed by atoms with E-state index in [1.165, 1.54) is 37.7 Å². The van der Waals surface area contributed by atoms with Crippen LogP contribution in [0.15, 0.2) is 24.3 Å². The van der Waals surface area contributed by atoms with Gasteiger partial charge in [-0.15, -0.1) is 0 Å². The first kappa shape index (κ1) is 13.9. The Kier molecular flexibility index (Phi) is 5.08. The first-order valence-electron chi connectivity index (χ1n) is 7.20. The van der Waals surface area contributed by atoms with Gasteiger partial charge < -0.3 is 5.32 Å². The zero-order chi connectivity index (χ0) is 13.0. The van der Waals surface area contributed by atoms with Gasteiger partial charge in [-0.3, -0.25) is 0 Å². The molecular formula is C16H24ClN. The molecule has 0 heterocycles. The van der Waals surface area contributed by atoms with Crippen LogP contribution in [0, 0.1) is 5.92 Å². The fourth-order valence-electron chi connectivity index (χ4n) is 2.94. The maximum absolute atomic E-state index is 5.92. The van der Waals surface area contributed by atoms with Crippen LogP contribution in [0.25, 0.3) is 0 Å². The number of hydrogen-bond acceptors (Lipinski definition) is 1. The molecule has 0 spiro atoms. The van der Waals surface area contributed by atoms with Gasteiger partial charge in [0.05, 0.1) is 0 Å². The molecule has 1 aliphatic carbocycles. The normalized spacial score (nSPS) is 25.9. The average Bonchev–Trinajstić information content (AvgIpc) is 2.40. The Morgan fingerprint density at radius 1 is 1.17 bits per heavy atom. The summed E-state index contributed by atoms with van der Waals surface area (Å²) in [4.78, 5) is 0. The van der Waals surface area contributed by atoms with E-state index in [2.05, 4.69) is 31.3 Å². The molecule has 0 aromatic heterocycles. The summed E-state index contributed by atoms with van der Waals surface area (Å²) in [6.45, 7) is 4.56. The summed E-state index contributed by atoms with van der Waals surface area (Å²) in [6, 6.07) is 9.31. The van der Waals surface area contributed by atoms with Gasteiger partial charge in [-0.25, -0.2) is 0 Å². The van der Waals surface area contributed by atoms with E-state index in [1.54, 1.807) is 0 Å². The van der Waals surface area contributed by atoms with Gasteiger partial charge in [-0.1, -0.05) is 37.1 Å². The zero-order valence-corrected chi connectivity index (χ0v) is 12.2. The molecule has 1 aliphatic rings. The minimum absolute atomic E-state index is 0.422. The number of benzene rings is 1. The second kappa shape index (κ2) is 6.58. The van der Waals surface area contributed by atoms with Crippen LogP contribution in [0.5, 0.6) is 0 Å². The lowest BCUT2D eigenvalue weighted by Gasteiger charge is -2.31. The smallest absolute Gasteiger partial charge is 0.0406 e. The summed E-state index contributed by atoms with van der Waals surface area (Å²) in [5.74, 6) is 0.967. The third-order valence-electron chi connectivity index (χ3n) is 4.28. The minimum Gasteiger partial charge on any atom is -0.307 e. The second-order valence-corrected chi connectivity index (χ2v) is 6.00. The average molecular weight is 266 g/mol. The first-order chi connectivity index (χ1) is 8.69. The van der Waals surface area contributed by atoms with E-state index in [9.17, 15) is 0 Å². The molecule has 18 heavy (non-hydrogen) atoms. The molecule has 2 heteroatoms. The van der Waals surface area contributed by atoms with Crippen LogP contribution in [0.3, 0.4) is 0 Å². The molecule has 2 rings (SSSR count). The predicted octanol–water partition coefficient (Wildman–Crippen LogP) is 4.96. The summed E-state index contributed by atoms with van der Waals surface area (Å²) < 4.78 is 0. The molecule has 0 aliphatic heterocycles. The number of rotatable bonds is 4. The molecule has 1 atom stereocenters. The van der Waals surface area contributed by atoms with Crippen LogP contribution < -0.4 is 5.32 Å². The van der Waals surface area contributed by atoms with Crippen molar-refractivity contribution < 1.29 is 0 Å². The Morgan fingerprint density at radius 2 is 1.78 bits per heavy atom. The van der Waals surface area contributed by atoms with Gasteiger partial charge >= 0.3 is 0 Å². The highest BCUT2D eigenvalue weighted by molar-refractivity contribution is 6.30. The quantitative estimate of drug-likeness (QED) is 0.811. The highest BCUT2D eigenvalue weighted by Crippen LogP contribution is 2.28. The monoisotopic (exact) mass is 265 g/mol. The summed E-state index contributed by atoms with van der Waals surface area (Å²) in [7, 11) is 0. The molecule has 1 saturated carbocycles. The number of hydrogen-bond donors (Lipinski definition) is 1. The van der Waals surface area contributed by atoms with E-state index in [-0.39, 0.29) is 0 Å². The van der Waals surface area contributed by atoms with Gasteiger partial charge in [-0.05, 0) is 56.2 Å². The maximum Gasteiger partial charge on any atom is 0.0406 e. The highest BCUT2D eigenvalue weighted by Gasteiger charge is 2.21. The van der Waals surface area contributed by atoms with Crippen molar-refractivity contribution in [3.63, 3.8) is 0 Å². The Bertz CT molecular complexity index is 352. The van der Waals surface area contributed by atoms with E-state index in [4.69, 9.17) is 11.6 Å². The lowest BCUT2D eigenvalue weighted by atomic mass is 9.84.